The van der Waals surface area contributed by atoms with Crippen LogP contribution in [0, 0.1) is 0 Å². The lowest BCUT2D eigenvalue weighted by molar-refractivity contribution is -0.161. The molecule has 0 aromatic heterocycles. The SMILES string of the molecule is CCCCCCCCCCCCCCCCC(=O)OC(COC(=O)CCCCCCCC)COP(=O)(O)OCCN. The fourth-order valence-electron chi connectivity index (χ4n) is 4.52. The summed E-state index contributed by atoms with van der Waals surface area (Å²) in [5.41, 5.74) is 5.30. The van der Waals surface area contributed by atoms with E-state index in [0.29, 0.717) is 6.42 Å². The molecule has 0 aromatic carbocycles. The predicted octanol–water partition coefficient (Wildman–Crippen LogP) is 8.16. The highest BCUT2D eigenvalue weighted by Crippen LogP contribution is 2.43. The second-order valence-corrected chi connectivity index (χ2v) is 12.5. The highest BCUT2D eigenvalue weighted by Gasteiger charge is 2.25. The maximum Gasteiger partial charge on any atom is 0.472 e. The second-order valence-electron chi connectivity index (χ2n) is 11.0. The molecule has 0 rings (SSSR count). The molecule has 3 N–H and O–H groups in total. The molecule has 10 heteroatoms. The van der Waals surface area contributed by atoms with Crippen LogP contribution in [0.2, 0.25) is 0 Å². The highest BCUT2D eigenvalue weighted by atomic mass is 31.2. The fraction of sp³-hybridized carbons (Fsp3) is 0.935. The Balaban J connectivity index is 4.20. The van der Waals surface area contributed by atoms with Crippen molar-refractivity contribution in [3.63, 3.8) is 0 Å². The number of carbonyl (C=O) groups is 2. The minimum absolute atomic E-state index is 0.0571. The zero-order valence-electron chi connectivity index (χ0n) is 26.3. The molecule has 0 heterocycles. The van der Waals surface area contributed by atoms with Gasteiger partial charge in [0.2, 0.25) is 0 Å². The third kappa shape index (κ3) is 28.9. The number of phosphoric ester groups is 1. The number of phosphoric acid groups is 1. The molecule has 9 nitrogen and oxygen atoms in total. The summed E-state index contributed by atoms with van der Waals surface area (Å²) in [7, 11) is -4.35. The van der Waals surface area contributed by atoms with Gasteiger partial charge in [-0.15, -0.1) is 0 Å². The van der Waals surface area contributed by atoms with Crippen molar-refractivity contribution < 1.29 is 37.6 Å². The Morgan fingerprint density at radius 1 is 0.634 bits per heavy atom. The van der Waals surface area contributed by atoms with Gasteiger partial charge in [-0.25, -0.2) is 4.57 Å². The van der Waals surface area contributed by atoms with Gasteiger partial charge in [0.15, 0.2) is 6.10 Å². The molecule has 0 aliphatic heterocycles. The van der Waals surface area contributed by atoms with Crippen LogP contribution in [0.1, 0.15) is 155 Å². The van der Waals surface area contributed by atoms with Gasteiger partial charge in [0, 0.05) is 19.4 Å². The van der Waals surface area contributed by atoms with Crippen molar-refractivity contribution in [3.8, 4) is 0 Å². The van der Waals surface area contributed by atoms with Crippen molar-refractivity contribution in [2.75, 3.05) is 26.4 Å². The van der Waals surface area contributed by atoms with Gasteiger partial charge in [-0.1, -0.05) is 129 Å². The molecule has 41 heavy (non-hydrogen) atoms. The number of rotatable bonds is 31. The van der Waals surface area contributed by atoms with E-state index in [9.17, 15) is 19.0 Å². The first-order valence-corrected chi connectivity index (χ1v) is 18.0. The summed E-state index contributed by atoms with van der Waals surface area (Å²) in [6, 6.07) is 0. The molecule has 2 atom stereocenters. The summed E-state index contributed by atoms with van der Waals surface area (Å²) in [6.07, 6.45) is 23.0. The summed E-state index contributed by atoms with van der Waals surface area (Å²) < 4.78 is 32.4. The van der Waals surface area contributed by atoms with Crippen LogP contribution in [0.3, 0.4) is 0 Å². The number of esters is 2. The first-order chi connectivity index (χ1) is 19.8. The zero-order valence-corrected chi connectivity index (χ0v) is 27.2. The average Bonchev–Trinajstić information content (AvgIpc) is 2.95. The highest BCUT2D eigenvalue weighted by molar-refractivity contribution is 7.47. The Kier molecular flexibility index (Phi) is 28.4. The van der Waals surface area contributed by atoms with Crippen LogP contribution in [-0.2, 0) is 32.7 Å². The Morgan fingerprint density at radius 2 is 1.05 bits per heavy atom. The summed E-state index contributed by atoms with van der Waals surface area (Å²) in [5.74, 6) is -0.833. The summed E-state index contributed by atoms with van der Waals surface area (Å²) >= 11 is 0. The fourth-order valence-corrected chi connectivity index (χ4v) is 5.28. The minimum Gasteiger partial charge on any atom is -0.462 e. The van der Waals surface area contributed by atoms with Crippen LogP contribution in [0.4, 0.5) is 0 Å². The Labute approximate surface area is 250 Å². The maximum absolute atomic E-state index is 12.4. The molecular weight excluding hydrogens is 545 g/mol. The largest absolute Gasteiger partial charge is 0.472 e. The topological polar surface area (TPSA) is 134 Å². The number of ether oxygens (including phenoxy) is 2. The Morgan fingerprint density at radius 3 is 1.49 bits per heavy atom. The molecule has 0 radical (unpaired) electrons. The molecule has 0 amide bonds. The molecule has 0 aromatic rings. The van der Waals surface area contributed by atoms with Crippen LogP contribution in [-0.4, -0.2) is 49.3 Å². The number of carbonyl (C=O) groups excluding carboxylic acids is 2. The number of nitrogens with two attached hydrogens (primary N) is 1. The third-order valence-corrected chi connectivity index (χ3v) is 7.98. The third-order valence-electron chi connectivity index (χ3n) is 6.99. The standard InChI is InChI=1S/C31H62NO8P/c1-3-5-7-9-11-12-13-14-15-16-17-18-20-22-24-31(34)40-29(28-39-41(35,36)38-26-25-32)27-37-30(33)23-21-19-10-8-6-4-2/h29H,3-28,32H2,1-2H3,(H,35,36). The molecule has 0 aliphatic carbocycles. The molecule has 0 fully saturated rings. The van der Waals surface area contributed by atoms with E-state index >= 15 is 0 Å². The van der Waals surface area contributed by atoms with Gasteiger partial charge >= 0.3 is 19.8 Å². The smallest absolute Gasteiger partial charge is 0.462 e. The summed E-state index contributed by atoms with van der Waals surface area (Å²) in [5, 5.41) is 0. The molecule has 0 aliphatic rings. The van der Waals surface area contributed by atoms with E-state index in [0.717, 1.165) is 38.5 Å². The first-order valence-electron chi connectivity index (χ1n) is 16.5. The molecule has 244 valence electrons. The van der Waals surface area contributed by atoms with Gasteiger partial charge < -0.3 is 20.1 Å². The maximum atomic E-state index is 12.4. The average molecular weight is 608 g/mol. The van der Waals surface area contributed by atoms with Gasteiger partial charge in [0.1, 0.15) is 6.61 Å². The van der Waals surface area contributed by atoms with Crippen LogP contribution < -0.4 is 5.73 Å². The number of hydrogen-bond donors (Lipinski definition) is 2. The molecule has 0 spiro atoms. The van der Waals surface area contributed by atoms with Crippen LogP contribution in [0.25, 0.3) is 0 Å². The second kappa shape index (κ2) is 29.1. The molecule has 0 bridgehead atoms. The van der Waals surface area contributed by atoms with E-state index in [1.165, 1.54) is 83.5 Å². The zero-order chi connectivity index (χ0) is 30.4. The van der Waals surface area contributed by atoms with E-state index < -0.39 is 26.5 Å². The van der Waals surface area contributed by atoms with Crippen molar-refractivity contribution in [2.45, 2.75) is 161 Å². The van der Waals surface area contributed by atoms with E-state index in [2.05, 4.69) is 13.8 Å². The molecular formula is C31H62NO8P. The van der Waals surface area contributed by atoms with Crippen molar-refractivity contribution in [1.82, 2.24) is 0 Å². The van der Waals surface area contributed by atoms with Gasteiger partial charge in [-0.2, -0.15) is 0 Å². The van der Waals surface area contributed by atoms with Crippen molar-refractivity contribution in [2.24, 2.45) is 5.73 Å². The van der Waals surface area contributed by atoms with Crippen molar-refractivity contribution in [1.29, 1.82) is 0 Å². The first kappa shape index (κ1) is 40.0. The number of hydrogen-bond acceptors (Lipinski definition) is 8. The lowest BCUT2D eigenvalue weighted by Crippen LogP contribution is -2.29. The number of unbranched alkanes of at least 4 members (excludes halogenated alkanes) is 18. The normalized spacial score (nSPS) is 13.6. The summed E-state index contributed by atoms with van der Waals surface area (Å²) in [6.45, 7) is 3.65. The molecule has 0 saturated heterocycles. The van der Waals surface area contributed by atoms with Gasteiger partial charge in [0.25, 0.3) is 0 Å². The van der Waals surface area contributed by atoms with Gasteiger partial charge in [-0.05, 0) is 12.8 Å². The lowest BCUT2D eigenvalue weighted by atomic mass is 10.0. The van der Waals surface area contributed by atoms with Crippen LogP contribution in [0.15, 0.2) is 0 Å². The van der Waals surface area contributed by atoms with Crippen molar-refractivity contribution in [3.05, 3.63) is 0 Å². The van der Waals surface area contributed by atoms with E-state index in [1.807, 2.05) is 0 Å². The van der Waals surface area contributed by atoms with Crippen LogP contribution >= 0.6 is 7.82 Å². The van der Waals surface area contributed by atoms with E-state index in [4.69, 9.17) is 24.3 Å². The van der Waals surface area contributed by atoms with E-state index in [1.54, 1.807) is 0 Å². The lowest BCUT2D eigenvalue weighted by Gasteiger charge is -2.19. The summed E-state index contributed by atoms with van der Waals surface area (Å²) in [4.78, 5) is 34.3. The van der Waals surface area contributed by atoms with Gasteiger partial charge in [-0.3, -0.25) is 18.6 Å². The quantitative estimate of drug-likeness (QED) is 0.0454. The van der Waals surface area contributed by atoms with Crippen molar-refractivity contribution >= 4 is 19.8 Å². The molecule has 2 unspecified atom stereocenters. The Hall–Kier alpha value is -0.990. The minimum atomic E-state index is -4.35. The van der Waals surface area contributed by atoms with Gasteiger partial charge in [0.05, 0.1) is 13.2 Å². The molecule has 0 saturated carbocycles. The Bertz CT molecular complexity index is 664. The van der Waals surface area contributed by atoms with Crippen LogP contribution in [0.5, 0.6) is 0 Å². The predicted molar refractivity (Wildman–Crippen MR) is 165 cm³/mol. The van der Waals surface area contributed by atoms with E-state index in [-0.39, 0.29) is 38.6 Å². The monoisotopic (exact) mass is 607 g/mol.